The van der Waals surface area contributed by atoms with E-state index in [-0.39, 0.29) is 17.6 Å². The molecule has 0 saturated carbocycles. The zero-order valence-corrected chi connectivity index (χ0v) is 17.9. The van der Waals surface area contributed by atoms with E-state index in [9.17, 15) is 9.59 Å². The molecule has 1 aromatic heterocycles. The lowest BCUT2D eigenvalue weighted by Crippen LogP contribution is -2.39. The second-order valence-corrected chi connectivity index (χ2v) is 9.66. The number of nitrogens with zero attached hydrogens (tertiary/aromatic N) is 2. The Morgan fingerprint density at radius 1 is 1.31 bits per heavy atom. The van der Waals surface area contributed by atoms with Gasteiger partial charge in [-0.2, -0.15) is 0 Å². The normalized spacial score (nSPS) is 18.7. The molecule has 0 spiro atoms. The number of thiazole rings is 1. The van der Waals surface area contributed by atoms with Crippen LogP contribution in [-0.2, 0) is 17.6 Å². The molecule has 154 valence electrons. The largest absolute Gasteiger partial charge is 0.476 e. The number of anilines is 1. The first-order valence-electron chi connectivity index (χ1n) is 10.1. The number of rotatable bonds is 8. The Morgan fingerprint density at radius 3 is 3.00 bits per heavy atom. The molecule has 1 atom stereocenters. The fourth-order valence-corrected chi connectivity index (χ4v) is 5.95. The van der Waals surface area contributed by atoms with Gasteiger partial charge in [-0.1, -0.05) is 23.9 Å². The van der Waals surface area contributed by atoms with Crippen molar-refractivity contribution >= 4 is 40.7 Å². The lowest BCUT2D eigenvalue weighted by atomic mass is 9.90. The Bertz CT molecular complexity index is 899. The van der Waals surface area contributed by atoms with E-state index < -0.39 is 5.97 Å². The number of hydrogen-bond acceptors (Lipinski definition) is 6. The molecule has 8 heteroatoms. The third kappa shape index (κ3) is 4.75. The minimum Gasteiger partial charge on any atom is -0.476 e. The highest BCUT2D eigenvalue weighted by atomic mass is 32.2. The first-order valence-corrected chi connectivity index (χ1v) is 11.9. The quantitative estimate of drug-likeness (QED) is 0.617. The number of thioether (sulfide) groups is 1. The molecule has 2 aromatic rings. The standard InChI is InChI=1S/C21H25N3O3S2/c25-19-9-8-15(12-22-17-7-3-5-14-4-1-2-6-16(14)17)24(19)10-11-28-21-23-18(13-29-21)20(26)27/h3,5,7,13,15,22H,1-2,4,6,8-12H2,(H,26,27)/t15-/m1/s1. The summed E-state index contributed by atoms with van der Waals surface area (Å²) in [6.07, 6.45) is 6.30. The van der Waals surface area contributed by atoms with Crippen molar-refractivity contribution in [2.75, 3.05) is 24.2 Å². The Balaban J connectivity index is 1.32. The van der Waals surface area contributed by atoms with Gasteiger partial charge in [0.05, 0.1) is 0 Å². The number of amides is 1. The Morgan fingerprint density at radius 2 is 2.17 bits per heavy atom. The zero-order valence-electron chi connectivity index (χ0n) is 16.2. The number of carboxylic acid groups (broad SMARTS) is 1. The first kappa shape index (κ1) is 20.2. The van der Waals surface area contributed by atoms with Gasteiger partial charge in [0.25, 0.3) is 0 Å². The molecule has 1 aromatic carbocycles. The van der Waals surface area contributed by atoms with Crippen LogP contribution in [0, 0.1) is 0 Å². The molecule has 1 aliphatic heterocycles. The molecule has 0 bridgehead atoms. The van der Waals surface area contributed by atoms with Crippen LogP contribution in [0.15, 0.2) is 27.9 Å². The van der Waals surface area contributed by atoms with Gasteiger partial charge in [-0.3, -0.25) is 4.79 Å². The molecule has 6 nitrogen and oxygen atoms in total. The van der Waals surface area contributed by atoms with Gasteiger partial charge in [-0.05, 0) is 49.3 Å². The van der Waals surface area contributed by atoms with Gasteiger partial charge in [-0.15, -0.1) is 11.3 Å². The minimum atomic E-state index is -1.00. The smallest absolute Gasteiger partial charge is 0.355 e. The van der Waals surface area contributed by atoms with E-state index in [1.54, 1.807) is 5.38 Å². The maximum Gasteiger partial charge on any atom is 0.355 e. The topological polar surface area (TPSA) is 82.5 Å². The van der Waals surface area contributed by atoms with Crippen LogP contribution in [0.4, 0.5) is 5.69 Å². The highest BCUT2D eigenvalue weighted by molar-refractivity contribution is 8.01. The average molecular weight is 432 g/mol. The number of carboxylic acids is 1. The maximum absolute atomic E-state index is 12.4. The van der Waals surface area contributed by atoms with Gasteiger partial charge in [0, 0.05) is 42.4 Å². The van der Waals surface area contributed by atoms with Crippen molar-refractivity contribution in [2.45, 2.75) is 48.9 Å². The molecule has 2 aliphatic rings. The summed E-state index contributed by atoms with van der Waals surface area (Å²) in [5, 5.41) is 14.1. The summed E-state index contributed by atoms with van der Waals surface area (Å²) in [7, 11) is 0. The molecule has 29 heavy (non-hydrogen) atoms. The van der Waals surface area contributed by atoms with Crippen molar-refractivity contribution in [2.24, 2.45) is 0 Å². The van der Waals surface area contributed by atoms with Gasteiger partial charge in [0.2, 0.25) is 5.91 Å². The molecular formula is C21H25N3O3S2. The van der Waals surface area contributed by atoms with E-state index in [2.05, 4.69) is 28.5 Å². The lowest BCUT2D eigenvalue weighted by Gasteiger charge is -2.26. The average Bonchev–Trinajstić information content (AvgIpc) is 3.34. The van der Waals surface area contributed by atoms with Crippen molar-refractivity contribution in [1.82, 2.24) is 9.88 Å². The predicted molar refractivity (Wildman–Crippen MR) is 116 cm³/mol. The lowest BCUT2D eigenvalue weighted by molar-refractivity contribution is -0.128. The fraction of sp³-hybridized carbons (Fsp3) is 0.476. The van der Waals surface area contributed by atoms with Gasteiger partial charge in [-0.25, -0.2) is 9.78 Å². The SMILES string of the molecule is O=C(O)c1csc(SCCN2C(=O)CC[C@@H]2CNc2cccc3c2CCCC3)n1. The number of benzene rings is 1. The van der Waals surface area contributed by atoms with Gasteiger partial charge < -0.3 is 15.3 Å². The van der Waals surface area contributed by atoms with Crippen LogP contribution in [0.1, 0.15) is 47.3 Å². The highest BCUT2D eigenvalue weighted by Gasteiger charge is 2.30. The predicted octanol–water partition coefficient (Wildman–Crippen LogP) is 3.92. The van der Waals surface area contributed by atoms with E-state index >= 15 is 0 Å². The number of carbonyl (C=O) groups excluding carboxylic acids is 1. The molecule has 2 N–H and O–H groups in total. The number of hydrogen-bond donors (Lipinski definition) is 2. The monoisotopic (exact) mass is 431 g/mol. The molecule has 1 aliphatic carbocycles. The molecule has 0 unspecified atom stereocenters. The van der Waals surface area contributed by atoms with Crippen molar-refractivity contribution in [3.63, 3.8) is 0 Å². The fourth-order valence-electron chi connectivity index (χ4n) is 4.14. The van der Waals surface area contributed by atoms with E-state index in [4.69, 9.17) is 5.11 Å². The molecule has 4 rings (SSSR count). The van der Waals surface area contributed by atoms with Crippen LogP contribution < -0.4 is 5.32 Å². The molecule has 1 saturated heterocycles. The number of fused-ring (bicyclic) bond motifs is 1. The third-order valence-corrected chi connectivity index (χ3v) is 7.64. The van der Waals surface area contributed by atoms with Crippen molar-refractivity contribution < 1.29 is 14.7 Å². The zero-order chi connectivity index (χ0) is 20.2. The van der Waals surface area contributed by atoms with Crippen molar-refractivity contribution in [3.8, 4) is 0 Å². The Hall–Kier alpha value is -2.06. The van der Waals surface area contributed by atoms with Gasteiger partial charge in [0.15, 0.2) is 10.0 Å². The minimum absolute atomic E-state index is 0.0861. The van der Waals surface area contributed by atoms with Crippen LogP contribution in [0.3, 0.4) is 0 Å². The van der Waals surface area contributed by atoms with Gasteiger partial charge in [0.1, 0.15) is 0 Å². The van der Waals surface area contributed by atoms with E-state index in [1.807, 2.05) is 4.90 Å². The van der Waals surface area contributed by atoms with Crippen LogP contribution in [0.2, 0.25) is 0 Å². The summed E-state index contributed by atoms with van der Waals surface area (Å²) >= 11 is 2.85. The summed E-state index contributed by atoms with van der Waals surface area (Å²) in [6.45, 7) is 1.43. The summed E-state index contributed by atoms with van der Waals surface area (Å²) in [5.74, 6) is -0.0786. The van der Waals surface area contributed by atoms with E-state index in [0.29, 0.717) is 13.0 Å². The first-order chi connectivity index (χ1) is 14.1. The van der Waals surface area contributed by atoms with Gasteiger partial charge >= 0.3 is 5.97 Å². The summed E-state index contributed by atoms with van der Waals surface area (Å²) in [6, 6.07) is 6.72. The number of aromatic carboxylic acids is 1. The summed E-state index contributed by atoms with van der Waals surface area (Å²) in [4.78, 5) is 29.4. The van der Waals surface area contributed by atoms with Crippen molar-refractivity contribution in [1.29, 1.82) is 0 Å². The third-order valence-electron chi connectivity index (χ3n) is 5.64. The highest BCUT2D eigenvalue weighted by Crippen LogP contribution is 2.29. The number of aromatic nitrogens is 1. The number of carbonyl (C=O) groups is 2. The molecule has 0 radical (unpaired) electrons. The molecule has 2 heterocycles. The second kappa shape index (κ2) is 9.17. The van der Waals surface area contributed by atoms with E-state index in [1.165, 1.54) is 52.8 Å². The number of aryl methyl sites for hydroxylation is 1. The molecule has 1 fully saturated rings. The van der Waals surface area contributed by atoms with Crippen LogP contribution in [0.5, 0.6) is 0 Å². The summed E-state index contributed by atoms with van der Waals surface area (Å²) in [5.41, 5.74) is 4.22. The maximum atomic E-state index is 12.4. The Labute approximate surface area is 178 Å². The number of nitrogens with one attached hydrogen (secondary N) is 1. The second-order valence-electron chi connectivity index (χ2n) is 7.46. The molecule has 1 amide bonds. The van der Waals surface area contributed by atoms with Crippen LogP contribution >= 0.6 is 23.1 Å². The van der Waals surface area contributed by atoms with Crippen molar-refractivity contribution in [3.05, 3.63) is 40.4 Å². The number of likely N-dealkylation sites (tertiary alicyclic amines) is 1. The van der Waals surface area contributed by atoms with E-state index in [0.717, 1.165) is 35.9 Å². The van der Waals surface area contributed by atoms with Crippen LogP contribution in [-0.4, -0.2) is 51.8 Å². The Kier molecular flexibility index (Phi) is 6.40. The summed E-state index contributed by atoms with van der Waals surface area (Å²) < 4.78 is 0.736. The molecular weight excluding hydrogens is 406 g/mol. The van der Waals surface area contributed by atoms with Crippen LogP contribution in [0.25, 0.3) is 0 Å².